The van der Waals surface area contributed by atoms with Gasteiger partial charge in [-0.1, -0.05) is 18.7 Å². The predicted molar refractivity (Wildman–Crippen MR) is 69.1 cm³/mol. The average Bonchev–Trinajstić information content (AvgIpc) is 2.36. The standard InChI is InChI=1S/C14H18O3/c1-5-7-11-9-12(15-3)10-13(16-4)14(11)17-8-6-2/h5-6,9-10H,1-2,7-8H2,3-4H3. The molecule has 0 fully saturated rings. The smallest absolute Gasteiger partial charge is 0.165 e. The van der Waals surface area contributed by atoms with Crippen molar-refractivity contribution in [2.75, 3.05) is 20.8 Å². The zero-order chi connectivity index (χ0) is 12.7. The lowest BCUT2D eigenvalue weighted by molar-refractivity contribution is 0.320. The van der Waals surface area contributed by atoms with Crippen LogP contribution in [0.25, 0.3) is 0 Å². The summed E-state index contributed by atoms with van der Waals surface area (Å²) in [6, 6.07) is 3.72. The van der Waals surface area contributed by atoms with Gasteiger partial charge in [0.2, 0.25) is 0 Å². The summed E-state index contributed by atoms with van der Waals surface area (Å²) in [5.41, 5.74) is 0.984. The SMILES string of the molecule is C=CCOc1c(CC=C)cc(OC)cc1OC. The number of allylic oxidation sites excluding steroid dienone is 1. The number of ether oxygens (including phenoxy) is 3. The Balaban J connectivity index is 3.18. The molecule has 0 aliphatic rings. The van der Waals surface area contributed by atoms with Crippen LogP contribution in [0.4, 0.5) is 0 Å². The third kappa shape index (κ3) is 3.28. The summed E-state index contributed by atoms with van der Waals surface area (Å²) in [6.45, 7) is 7.80. The highest BCUT2D eigenvalue weighted by atomic mass is 16.5. The van der Waals surface area contributed by atoms with Crippen LogP contribution in [0, 0.1) is 0 Å². The number of benzene rings is 1. The Morgan fingerprint density at radius 2 is 1.88 bits per heavy atom. The molecule has 0 aromatic heterocycles. The molecule has 3 nitrogen and oxygen atoms in total. The van der Waals surface area contributed by atoms with E-state index in [0.717, 1.165) is 11.3 Å². The van der Waals surface area contributed by atoms with Crippen LogP contribution in [-0.4, -0.2) is 20.8 Å². The largest absolute Gasteiger partial charge is 0.497 e. The van der Waals surface area contributed by atoms with Crippen molar-refractivity contribution in [2.24, 2.45) is 0 Å². The van der Waals surface area contributed by atoms with E-state index in [1.54, 1.807) is 26.4 Å². The monoisotopic (exact) mass is 234 g/mol. The van der Waals surface area contributed by atoms with Gasteiger partial charge in [0.25, 0.3) is 0 Å². The van der Waals surface area contributed by atoms with Gasteiger partial charge in [-0.15, -0.1) is 6.58 Å². The van der Waals surface area contributed by atoms with Gasteiger partial charge in [0.1, 0.15) is 12.4 Å². The zero-order valence-electron chi connectivity index (χ0n) is 10.4. The molecule has 0 amide bonds. The second-order valence-electron chi connectivity index (χ2n) is 3.41. The van der Waals surface area contributed by atoms with E-state index < -0.39 is 0 Å². The highest BCUT2D eigenvalue weighted by molar-refractivity contribution is 5.52. The Labute approximate surface area is 102 Å². The van der Waals surface area contributed by atoms with E-state index in [-0.39, 0.29) is 0 Å². The van der Waals surface area contributed by atoms with Crippen LogP contribution in [0.15, 0.2) is 37.4 Å². The average molecular weight is 234 g/mol. The lowest BCUT2D eigenvalue weighted by atomic mass is 10.1. The van der Waals surface area contributed by atoms with Gasteiger partial charge in [-0.3, -0.25) is 0 Å². The maximum absolute atomic E-state index is 5.61. The molecule has 17 heavy (non-hydrogen) atoms. The van der Waals surface area contributed by atoms with Gasteiger partial charge < -0.3 is 14.2 Å². The molecule has 0 unspecified atom stereocenters. The van der Waals surface area contributed by atoms with E-state index in [9.17, 15) is 0 Å². The molecule has 3 heteroatoms. The zero-order valence-corrected chi connectivity index (χ0v) is 10.4. The summed E-state index contributed by atoms with van der Waals surface area (Å²) < 4.78 is 16.1. The van der Waals surface area contributed by atoms with E-state index in [1.165, 1.54) is 0 Å². The fraction of sp³-hybridized carbons (Fsp3) is 0.286. The molecule has 1 aromatic carbocycles. The minimum Gasteiger partial charge on any atom is -0.497 e. The maximum Gasteiger partial charge on any atom is 0.165 e. The van der Waals surface area contributed by atoms with Crippen molar-refractivity contribution in [3.63, 3.8) is 0 Å². The molecule has 92 valence electrons. The molecule has 0 aliphatic heterocycles. The Morgan fingerprint density at radius 3 is 2.41 bits per heavy atom. The fourth-order valence-electron chi connectivity index (χ4n) is 1.51. The lowest BCUT2D eigenvalue weighted by Crippen LogP contribution is -2.01. The first-order chi connectivity index (χ1) is 8.26. The Morgan fingerprint density at radius 1 is 1.12 bits per heavy atom. The molecule has 0 N–H and O–H groups in total. The van der Waals surface area contributed by atoms with E-state index in [1.807, 2.05) is 12.1 Å². The molecule has 0 heterocycles. The van der Waals surface area contributed by atoms with E-state index in [0.29, 0.717) is 24.5 Å². The predicted octanol–water partition coefficient (Wildman–Crippen LogP) is 3.00. The highest BCUT2D eigenvalue weighted by Gasteiger charge is 2.12. The number of methoxy groups -OCH3 is 2. The van der Waals surface area contributed by atoms with E-state index in [4.69, 9.17) is 14.2 Å². The van der Waals surface area contributed by atoms with Crippen LogP contribution in [0.1, 0.15) is 5.56 Å². The molecule has 0 spiro atoms. The topological polar surface area (TPSA) is 27.7 Å². The molecule has 0 aliphatic carbocycles. The Hall–Kier alpha value is -1.90. The third-order valence-corrected chi connectivity index (χ3v) is 2.27. The van der Waals surface area contributed by atoms with Crippen LogP contribution in [0.5, 0.6) is 17.2 Å². The molecule has 1 rings (SSSR count). The first kappa shape index (κ1) is 13.2. The van der Waals surface area contributed by atoms with Crippen molar-refractivity contribution in [3.8, 4) is 17.2 Å². The molecule has 0 saturated carbocycles. The Bertz CT molecular complexity index is 397. The van der Waals surface area contributed by atoms with Crippen molar-refractivity contribution in [3.05, 3.63) is 43.0 Å². The summed E-state index contributed by atoms with van der Waals surface area (Å²) in [4.78, 5) is 0. The van der Waals surface area contributed by atoms with Crippen LogP contribution >= 0.6 is 0 Å². The lowest BCUT2D eigenvalue weighted by Gasteiger charge is -2.15. The quantitative estimate of drug-likeness (QED) is 0.679. The van der Waals surface area contributed by atoms with Gasteiger partial charge in [0.05, 0.1) is 14.2 Å². The van der Waals surface area contributed by atoms with Gasteiger partial charge in [-0.25, -0.2) is 0 Å². The van der Waals surface area contributed by atoms with Gasteiger partial charge in [-0.2, -0.15) is 0 Å². The van der Waals surface area contributed by atoms with Gasteiger partial charge in [0, 0.05) is 11.6 Å². The van der Waals surface area contributed by atoms with Crippen LogP contribution < -0.4 is 14.2 Å². The molecule has 0 radical (unpaired) electrons. The Kier molecular flexibility index (Phi) is 5.14. The van der Waals surface area contributed by atoms with Crippen molar-refractivity contribution in [2.45, 2.75) is 6.42 Å². The van der Waals surface area contributed by atoms with Gasteiger partial charge in [-0.05, 0) is 12.5 Å². The minimum atomic E-state index is 0.437. The van der Waals surface area contributed by atoms with E-state index >= 15 is 0 Å². The van der Waals surface area contributed by atoms with Crippen LogP contribution in [0.2, 0.25) is 0 Å². The number of hydrogen-bond acceptors (Lipinski definition) is 3. The van der Waals surface area contributed by atoms with Crippen molar-refractivity contribution in [1.82, 2.24) is 0 Å². The molecular formula is C14H18O3. The van der Waals surface area contributed by atoms with Gasteiger partial charge >= 0.3 is 0 Å². The molecule has 0 bridgehead atoms. The molecule has 0 atom stereocenters. The first-order valence-corrected chi connectivity index (χ1v) is 5.36. The number of hydrogen-bond donors (Lipinski definition) is 0. The normalized spacial score (nSPS) is 9.53. The second kappa shape index (κ2) is 6.63. The van der Waals surface area contributed by atoms with Crippen LogP contribution in [-0.2, 0) is 6.42 Å². The third-order valence-electron chi connectivity index (χ3n) is 2.27. The molecule has 0 saturated heterocycles. The summed E-state index contributed by atoms with van der Waals surface area (Å²) in [7, 11) is 3.23. The first-order valence-electron chi connectivity index (χ1n) is 5.36. The fourth-order valence-corrected chi connectivity index (χ4v) is 1.51. The van der Waals surface area contributed by atoms with Crippen molar-refractivity contribution >= 4 is 0 Å². The minimum absolute atomic E-state index is 0.437. The molecule has 1 aromatic rings. The van der Waals surface area contributed by atoms with Gasteiger partial charge in [0.15, 0.2) is 11.5 Å². The summed E-state index contributed by atoms with van der Waals surface area (Å²) >= 11 is 0. The highest BCUT2D eigenvalue weighted by Crippen LogP contribution is 2.36. The summed E-state index contributed by atoms with van der Waals surface area (Å²) in [5.74, 6) is 2.11. The van der Waals surface area contributed by atoms with E-state index in [2.05, 4.69) is 13.2 Å². The van der Waals surface area contributed by atoms with Crippen molar-refractivity contribution < 1.29 is 14.2 Å². The molecular weight excluding hydrogens is 216 g/mol. The maximum atomic E-state index is 5.61. The number of rotatable bonds is 7. The summed E-state index contributed by atoms with van der Waals surface area (Å²) in [6.07, 6.45) is 4.20. The second-order valence-corrected chi connectivity index (χ2v) is 3.41. The van der Waals surface area contributed by atoms with Crippen LogP contribution in [0.3, 0.4) is 0 Å². The summed E-state index contributed by atoms with van der Waals surface area (Å²) in [5, 5.41) is 0. The van der Waals surface area contributed by atoms with Crippen molar-refractivity contribution in [1.29, 1.82) is 0 Å².